The molecule has 2 aromatic carbocycles. The average Bonchev–Trinajstić information content (AvgIpc) is 2.79. The molecule has 2 aliphatic rings. The third-order valence-corrected chi connectivity index (χ3v) is 6.08. The molecule has 6 nitrogen and oxygen atoms in total. The van der Waals surface area contributed by atoms with Crippen LogP contribution in [0.1, 0.15) is 39.9 Å². The van der Waals surface area contributed by atoms with E-state index in [0.29, 0.717) is 0 Å². The van der Waals surface area contributed by atoms with Crippen LogP contribution in [0.5, 0.6) is 11.5 Å². The van der Waals surface area contributed by atoms with Gasteiger partial charge in [-0.05, 0) is 30.3 Å². The van der Waals surface area contributed by atoms with Crippen molar-refractivity contribution < 1.29 is 36.6 Å². The highest BCUT2D eigenvalue weighted by molar-refractivity contribution is 6.00. The topological polar surface area (TPSA) is 71.8 Å². The van der Waals surface area contributed by atoms with E-state index in [1.807, 2.05) is 6.07 Å². The van der Waals surface area contributed by atoms with Gasteiger partial charge in [0.25, 0.3) is 5.91 Å². The molecule has 10 heteroatoms. The van der Waals surface area contributed by atoms with Crippen molar-refractivity contribution in [1.82, 2.24) is 4.90 Å². The molecular formula is C24H22F4N2O4. The zero-order chi connectivity index (χ0) is 24.5. The molecule has 4 rings (SSSR count). The fourth-order valence-corrected chi connectivity index (χ4v) is 4.18. The Kier molecular flexibility index (Phi) is 6.41. The Hall–Kier alpha value is -3.32. The van der Waals surface area contributed by atoms with Crippen LogP contribution in [0.15, 0.2) is 36.4 Å². The number of alkyl halides is 4. The first-order chi connectivity index (χ1) is 16.2. The van der Waals surface area contributed by atoms with E-state index in [2.05, 4.69) is 0 Å². The summed E-state index contributed by atoms with van der Waals surface area (Å²) >= 11 is 0. The lowest BCUT2D eigenvalue weighted by Gasteiger charge is -2.40. The van der Waals surface area contributed by atoms with Gasteiger partial charge in [0.1, 0.15) is 29.3 Å². The molecule has 2 saturated heterocycles. The molecule has 2 aromatic rings. The molecular weight excluding hydrogens is 456 g/mol. The maximum absolute atomic E-state index is 15.8. The van der Waals surface area contributed by atoms with E-state index in [1.54, 1.807) is 0 Å². The van der Waals surface area contributed by atoms with Gasteiger partial charge in [0.05, 0.1) is 36.9 Å². The number of likely N-dealkylation sites (tertiary alicyclic amines) is 1. The molecule has 0 bridgehead atoms. The predicted molar refractivity (Wildman–Crippen MR) is 112 cm³/mol. The van der Waals surface area contributed by atoms with Crippen molar-refractivity contribution in [2.45, 2.75) is 30.8 Å². The van der Waals surface area contributed by atoms with Crippen LogP contribution in [0.4, 0.5) is 17.6 Å². The first-order valence-electron chi connectivity index (χ1n) is 10.7. The zero-order valence-corrected chi connectivity index (χ0v) is 18.3. The smallest absolute Gasteiger partial charge is 0.416 e. The van der Waals surface area contributed by atoms with Crippen molar-refractivity contribution in [1.29, 1.82) is 5.26 Å². The summed E-state index contributed by atoms with van der Waals surface area (Å²) in [7, 11) is 1.32. The number of amides is 1. The summed E-state index contributed by atoms with van der Waals surface area (Å²) in [5.41, 5.74) is -2.31. The molecule has 0 N–H and O–H groups in total. The number of carbonyl (C=O) groups excluding carboxylic acids is 1. The van der Waals surface area contributed by atoms with E-state index in [4.69, 9.17) is 14.2 Å². The van der Waals surface area contributed by atoms with Crippen molar-refractivity contribution in [3.8, 4) is 17.6 Å². The number of carbonyl (C=O) groups is 1. The van der Waals surface area contributed by atoms with Crippen LogP contribution in [0.3, 0.4) is 0 Å². The van der Waals surface area contributed by atoms with Crippen molar-refractivity contribution in [3.63, 3.8) is 0 Å². The molecule has 0 radical (unpaired) electrons. The van der Waals surface area contributed by atoms with Crippen LogP contribution in [0, 0.1) is 11.3 Å². The van der Waals surface area contributed by atoms with Gasteiger partial charge in [-0.1, -0.05) is 6.07 Å². The summed E-state index contributed by atoms with van der Waals surface area (Å²) in [5, 5.41) is 9.45. The zero-order valence-electron chi connectivity index (χ0n) is 18.3. The van der Waals surface area contributed by atoms with Gasteiger partial charge in [-0.25, -0.2) is 4.39 Å². The largest absolute Gasteiger partial charge is 0.495 e. The van der Waals surface area contributed by atoms with Crippen LogP contribution >= 0.6 is 0 Å². The van der Waals surface area contributed by atoms with Gasteiger partial charge >= 0.3 is 6.18 Å². The first-order valence-corrected chi connectivity index (χ1v) is 10.7. The number of methoxy groups -OCH3 is 1. The van der Waals surface area contributed by atoms with Gasteiger partial charge in [-0.15, -0.1) is 0 Å². The number of rotatable bonds is 5. The van der Waals surface area contributed by atoms with Gasteiger partial charge in [-0.2, -0.15) is 18.4 Å². The molecule has 2 aliphatic heterocycles. The number of nitriles is 1. The maximum Gasteiger partial charge on any atom is 0.416 e. The SMILES string of the molecule is COc1c(C#N)ccc(C2(F)CCOCC2)c1C(=O)N1CC(Oc2ccc(C(F)(F)F)cc2)C1. The van der Waals surface area contributed by atoms with Crippen LogP contribution in [-0.2, 0) is 16.6 Å². The minimum atomic E-state index is -4.44. The summed E-state index contributed by atoms with van der Waals surface area (Å²) in [4.78, 5) is 14.8. The lowest BCUT2D eigenvalue weighted by molar-refractivity contribution is -0.137. The average molecular weight is 478 g/mol. The van der Waals surface area contributed by atoms with Gasteiger partial charge in [0.15, 0.2) is 0 Å². The first kappa shape index (κ1) is 23.8. The highest BCUT2D eigenvalue weighted by Gasteiger charge is 2.42. The molecule has 0 aromatic heterocycles. The van der Waals surface area contributed by atoms with Crippen LogP contribution in [0.2, 0.25) is 0 Å². The second-order valence-corrected chi connectivity index (χ2v) is 8.23. The Labute approximate surface area is 193 Å². The molecule has 2 heterocycles. The number of nitrogens with zero attached hydrogens (tertiary/aromatic N) is 2. The maximum atomic E-state index is 15.8. The minimum absolute atomic E-state index is 0.000991. The molecule has 0 spiro atoms. The van der Waals surface area contributed by atoms with E-state index >= 15 is 4.39 Å². The molecule has 0 aliphatic carbocycles. The summed E-state index contributed by atoms with van der Waals surface area (Å²) in [5.74, 6) is -0.236. The highest BCUT2D eigenvalue weighted by Crippen LogP contribution is 2.42. The van der Waals surface area contributed by atoms with E-state index in [9.17, 15) is 23.2 Å². The second kappa shape index (κ2) is 9.14. The summed E-state index contributed by atoms with van der Waals surface area (Å²) in [6.07, 6.45) is -4.73. The van der Waals surface area contributed by atoms with Crippen LogP contribution in [0.25, 0.3) is 0 Å². The lowest BCUT2D eigenvalue weighted by atomic mass is 9.83. The Bertz CT molecular complexity index is 1100. The second-order valence-electron chi connectivity index (χ2n) is 8.23. The molecule has 0 unspecified atom stereocenters. The lowest BCUT2D eigenvalue weighted by Crippen LogP contribution is -2.56. The fraction of sp³-hybridized carbons (Fsp3) is 0.417. The monoisotopic (exact) mass is 478 g/mol. The third-order valence-electron chi connectivity index (χ3n) is 6.08. The highest BCUT2D eigenvalue weighted by atomic mass is 19.4. The van der Waals surface area contributed by atoms with Crippen LogP contribution in [-0.4, -0.2) is 50.3 Å². The minimum Gasteiger partial charge on any atom is -0.495 e. The number of hydrogen-bond acceptors (Lipinski definition) is 5. The van der Waals surface area contributed by atoms with Gasteiger partial charge in [0.2, 0.25) is 0 Å². The standard InChI is InChI=1S/C24H22F4N2O4/c1-32-21-15(12-29)2-7-19(23(25)8-10-33-11-9-23)20(21)22(31)30-13-18(14-30)34-17-5-3-16(4-6-17)24(26,27)28/h2-7,18H,8-11,13-14H2,1H3. The van der Waals surface area contributed by atoms with Crippen molar-refractivity contribution in [2.75, 3.05) is 33.4 Å². The number of benzene rings is 2. The van der Waals surface area contributed by atoms with Gasteiger partial charge < -0.3 is 19.1 Å². The van der Waals surface area contributed by atoms with E-state index in [0.717, 1.165) is 12.1 Å². The molecule has 0 atom stereocenters. The number of hydrogen-bond donors (Lipinski definition) is 0. The number of halogens is 4. The predicted octanol–water partition coefficient (Wildman–Crippen LogP) is 4.46. The molecule has 2 fully saturated rings. The quantitative estimate of drug-likeness (QED) is 0.594. The normalized spacial score (nSPS) is 18.1. The van der Waals surface area contributed by atoms with Crippen molar-refractivity contribution in [2.24, 2.45) is 0 Å². The van der Waals surface area contributed by atoms with Crippen LogP contribution < -0.4 is 9.47 Å². The van der Waals surface area contributed by atoms with Gasteiger partial charge in [0, 0.05) is 31.6 Å². The Morgan fingerprint density at radius 3 is 2.35 bits per heavy atom. The molecule has 180 valence electrons. The number of ether oxygens (including phenoxy) is 3. The Morgan fingerprint density at radius 2 is 1.79 bits per heavy atom. The van der Waals surface area contributed by atoms with Gasteiger partial charge in [-0.3, -0.25) is 4.79 Å². The van der Waals surface area contributed by atoms with E-state index in [-0.39, 0.29) is 67.3 Å². The molecule has 0 saturated carbocycles. The van der Waals surface area contributed by atoms with Crippen molar-refractivity contribution in [3.05, 3.63) is 58.7 Å². The summed E-state index contributed by atoms with van der Waals surface area (Å²) in [6, 6.07) is 9.16. The third kappa shape index (κ3) is 4.53. The molecule has 1 amide bonds. The van der Waals surface area contributed by atoms with E-state index < -0.39 is 29.4 Å². The van der Waals surface area contributed by atoms with E-state index in [1.165, 1.54) is 36.3 Å². The Balaban J connectivity index is 1.53. The summed E-state index contributed by atoms with van der Waals surface area (Å²) in [6.45, 7) is 0.724. The van der Waals surface area contributed by atoms with Crippen molar-refractivity contribution >= 4 is 5.91 Å². The Morgan fingerprint density at radius 1 is 1.15 bits per heavy atom. The molecule has 34 heavy (non-hydrogen) atoms. The fourth-order valence-electron chi connectivity index (χ4n) is 4.18. The summed E-state index contributed by atoms with van der Waals surface area (Å²) < 4.78 is 70.3.